The van der Waals surface area contributed by atoms with E-state index in [1.807, 2.05) is 18.7 Å². The van der Waals surface area contributed by atoms with Crippen LogP contribution in [0.2, 0.25) is 0 Å². The van der Waals surface area contributed by atoms with Gasteiger partial charge in [0.2, 0.25) is 5.91 Å². The molecule has 5 aliphatic carbocycles. The van der Waals surface area contributed by atoms with Crippen molar-refractivity contribution >= 4 is 23.6 Å². The van der Waals surface area contributed by atoms with Crippen LogP contribution < -0.4 is 5.73 Å². The Balaban J connectivity index is 1.46. The van der Waals surface area contributed by atoms with Gasteiger partial charge in [-0.2, -0.15) is 0 Å². The van der Waals surface area contributed by atoms with Crippen molar-refractivity contribution in [2.45, 2.75) is 159 Å². The maximum atomic E-state index is 14.0. The van der Waals surface area contributed by atoms with Gasteiger partial charge in [0.1, 0.15) is 6.10 Å². The first-order valence-corrected chi connectivity index (χ1v) is 19.8. The van der Waals surface area contributed by atoms with Gasteiger partial charge in [0, 0.05) is 29.8 Å². The number of carbonyl (C=O) groups excluding carboxylic acids is 3. The highest BCUT2D eigenvalue weighted by Gasteiger charge is 2.71. The van der Waals surface area contributed by atoms with Crippen molar-refractivity contribution in [3.05, 3.63) is 11.1 Å². The van der Waals surface area contributed by atoms with E-state index >= 15 is 0 Å². The Hall–Kier alpha value is -2.26. The molecule has 0 heterocycles. The van der Waals surface area contributed by atoms with E-state index in [2.05, 4.69) is 48.5 Å². The lowest BCUT2D eigenvalue weighted by atomic mass is 9.33. The predicted octanol–water partition coefficient (Wildman–Crippen LogP) is 6.94. The molecule has 51 heavy (non-hydrogen) atoms. The molecule has 5 rings (SSSR count). The number of rotatable bonds is 11. The summed E-state index contributed by atoms with van der Waals surface area (Å²) in [4.78, 5) is 52.8. The van der Waals surface area contributed by atoms with E-state index < -0.39 is 34.8 Å². The fourth-order valence-electron chi connectivity index (χ4n) is 13.0. The minimum absolute atomic E-state index is 0.0139. The van der Waals surface area contributed by atoms with Crippen LogP contribution in [0.4, 0.5) is 0 Å². The number of ketones is 1. The number of fused-ring (bicyclic) bond motifs is 7. The summed E-state index contributed by atoms with van der Waals surface area (Å²) in [5.41, 5.74) is 5.70. The molecule has 9 heteroatoms. The number of ether oxygens (including phenoxy) is 1. The number of nitrogens with zero attached hydrogens (tertiary/aromatic N) is 1. The molecular formula is C42H68N2O7. The number of carboxylic acids is 1. The molecule has 288 valence electrons. The molecule has 9 atom stereocenters. The fourth-order valence-corrected chi connectivity index (χ4v) is 13.0. The first-order chi connectivity index (χ1) is 23.4. The highest BCUT2D eigenvalue weighted by atomic mass is 16.5. The molecule has 5 aliphatic rings. The quantitative estimate of drug-likeness (QED) is 0.195. The van der Waals surface area contributed by atoms with Crippen LogP contribution in [-0.2, 0) is 23.9 Å². The number of carboxylic acid groups (broad SMARTS) is 1. The molecule has 9 nitrogen and oxygen atoms in total. The van der Waals surface area contributed by atoms with Gasteiger partial charge in [-0.3, -0.25) is 24.1 Å². The maximum absolute atomic E-state index is 14.0. The molecule has 1 amide bonds. The average Bonchev–Trinajstić information content (AvgIpc) is 3.31. The van der Waals surface area contributed by atoms with Gasteiger partial charge in [-0.25, -0.2) is 0 Å². The van der Waals surface area contributed by atoms with Crippen LogP contribution in [0.3, 0.4) is 0 Å². The number of hydrogen-bond donors (Lipinski definition) is 3. The molecule has 0 radical (unpaired) electrons. The van der Waals surface area contributed by atoms with Crippen molar-refractivity contribution in [3.8, 4) is 0 Å². The van der Waals surface area contributed by atoms with E-state index in [4.69, 9.17) is 10.5 Å². The van der Waals surface area contributed by atoms with Gasteiger partial charge in [0.25, 0.3) is 0 Å². The highest BCUT2D eigenvalue weighted by Crippen LogP contribution is 2.77. The number of hydrogen-bond acceptors (Lipinski definition) is 7. The monoisotopic (exact) mass is 713 g/mol. The summed E-state index contributed by atoms with van der Waals surface area (Å²) in [6.07, 6.45) is 6.64. The van der Waals surface area contributed by atoms with Crippen molar-refractivity contribution in [1.82, 2.24) is 4.90 Å². The average molecular weight is 713 g/mol. The minimum Gasteiger partial charge on any atom is -0.481 e. The molecule has 4 fully saturated rings. The Labute approximate surface area is 306 Å². The van der Waals surface area contributed by atoms with Gasteiger partial charge in [-0.15, -0.1) is 0 Å². The third-order valence-corrected chi connectivity index (χ3v) is 16.0. The number of aliphatic hydroxyl groups is 1. The summed E-state index contributed by atoms with van der Waals surface area (Å²) in [6.45, 7) is 23.8. The summed E-state index contributed by atoms with van der Waals surface area (Å²) >= 11 is 0. The standard InChI is InChI=1S/C42H68N2O7/c1-24(2)34-27(45)20-42(30(46)22-44(25(3)4)23-32(43)47)19-18-40(10)26(35(34)42)12-13-29-39(9)16-15-31(51-33(48)21-37(5,6)36(49)50)38(7,8)28(39)14-17-41(29,40)11/h24-26,28-31,46H,12-23H2,1-11H3,(H2,43,47)(H,49,50)/t26-,28+,29-,30+,31+,39+,40-,41-,42+/m1/s1. The topological polar surface area (TPSA) is 147 Å². The molecule has 0 aromatic carbocycles. The summed E-state index contributed by atoms with van der Waals surface area (Å²) in [5.74, 6) is -0.616. The van der Waals surface area contributed by atoms with E-state index in [1.54, 1.807) is 13.8 Å². The third kappa shape index (κ3) is 6.22. The summed E-state index contributed by atoms with van der Waals surface area (Å²) in [7, 11) is 0. The summed E-state index contributed by atoms with van der Waals surface area (Å²) < 4.78 is 6.15. The fraction of sp³-hybridized carbons (Fsp3) is 0.857. The smallest absolute Gasteiger partial charge is 0.309 e. The number of carbonyl (C=O) groups is 4. The second-order valence-corrected chi connectivity index (χ2v) is 20.1. The number of allylic oxidation sites excluding steroid dienone is 1. The summed E-state index contributed by atoms with van der Waals surface area (Å²) in [5, 5.41) is 21.8. The third-order valence-electron chi connectivity index (χ3n) is 16.0. The number of aliphatic carboxylic acids is 1. The molecule has 0 aromatic heterocycles. The first-order valence-electron chi connectivity index (χ1n) is 19.8. The van der Waals surface area contributed by atoms with Gasteiger partial charge < -0.3 is 20.7 Å². The molecule has 4 N–H and O–H groups in total. The van der Waals surface area contributed by atoms with Crippen molar-refractivity contribution in [1.29, 1.82) is 0 Å². The second kappa shape index (κ2) is 13.2. The largest absolute Gasteiger partial charge is 0.481 e. The van der Waals surface area contributed by atoms with Crippen LogP contribution in [0.5, 0.6) is 0 Å². The molecule has 0 spiro atoms. The molecule has 0 aliphatic heterocycles. The van der Waals surface area contributed by atoms with Gasteiger partial charge in [0.05, 0.1) is 24.5 Å². The minimum atomic E-state index is -1.18. The van der Waals surface area contributed by atoms with Crippen molar-refractivity contribution < 1.29 is 34.1 Å². The first kappa shape index (κ1) is 39.9. The number of amides is 1. The molecular weight excluding hydrogens is 644 g/mol. The van der Waals surface area contributed by atoms with Crippen molar-refractivity contribution in [2.24, 2.45) is 61.9 Å². The molecule has 0 saturated heterocycles. The van der Waals surface area contributed by atoms with E-state index in [9.17, 15) is 29.4 Å². The molecule has 4 saturated carbocycles. The van der Waals surface area contributed by atoms with Crippen molar-refractivity contribution in [2.75, 3.05) is 13.1 Å². The van der Waals surface area contributed by atoms with Crippen molar-refractivity contribution in [3.63, 3.8) is 0 Å². The van der Waals surface area contributed by atoms with Crippen LogP contribution in [0.15, 0.2) is 11.1 Å². The van der Waals surface area contributed by atoms with Gasteiger partial charge in [-0.05, 0) is 125 Å². The number of nitrogens with two attached hydrogens (primary N) is 1. The van der Waals surface area contributed by atoms with Crippen LogP contribution in [0, 0.1) is 56.2 Å². The molecule has 0 aromatic rings. The number of primary amides is 1. The van der Waals surface area contributed by atoms with Crippen LogP contribution in [-0.4, -0.2) is 70.1 Å². The number of esters is 1. The van der Waals surface area contributed by atoms with Crippen LogP contribution >= 0.6 is 0 Å². The highest BCUT2D eigenvalue weighted by molar-refractivity contribution is 6.00. The van der Waals surface area contributed by atoms with Gasteiger partial charge in [0.15, 0.2) is 5.78 Å². The summed E-state index contributed by atoms with van der Waals surface area (Å²) in [6, 6.07) is 0.0243. The zero-order chi connectivity index (χ0) is 38.3. The van der Waals surface area contributed by atoms with Gasteiger partial charge >= 0.3 is 11.9 Å². The Kier molecular flexibility index (Phi) is 10.4. The normalized spacial score (nSPS) is 38.2. The van der Waals surface area contributed by atoms with Gasteiger partial charge in [-0.1, -0.05) is 54.0 Å². The maximum Gasteiger partial charge on any atom is 0.309 e. The van der Waals surface area contributed by atoms with E-state index in [0.717, 1.165) is 56.9 Å². The Morgan fingerprint density at radius 1 is 0.922 bits per heavy atom. The lowest BCUT2D eigenvalue weighted by Crippen LogP contribution is -2.66. The SMILES string of the molecule is CC(C)C1=C2[C@H]3CC[C@@H]4[C@@]5(C)CC[C@H](OC(=O)CC(C)(C)C(=O)O)C(C)(C)[C@@H]5CC[C@@]4(C)[C@]3(C)CC[C@@]2([C@@H](O)CN(CC(N)=O)C(C)C)CC1=O. The second-order valence-electron chi connectivity index (χ2n) is 20.1. The number of aliphatic hydroxyl groups excluding tert-OH is 1. The Morgan fingerprint density at radius 3 is 2.14 bits per heavy atom. The lowest BCUT2D eigenvalue weighted by molar-refractivity contribution is -0.235. The zero-order valence-corrected chi connectivity index (χ0v) is 33.5. The number of Topliss-reactive ketones (excluding diaryl/α,β-unsaturated/α-hetero) is 1. The Morgan fingerprint density at radius 2 is 1.57 bits per heavy atom. The lowest BCUT2D eigenvalue weighted by Gasteiger charge is -2.72. The van der Waals surface area contributed by atoms with E-state index in [1.165, 1.54) is 5.57 Å². The van der Waals surface area contributed by atoms with Crippen LogP contribution in [0.25, 0.3) is 0 Å². The predicted molar refractivity (Wildman–Crippen MR) is 197 cm³/mol. The van der Waals surface area contributed by atoms with E-state index in [-0.39, 0.29) is 64.4 Å². The molecule has 0 unspecified atom stereocenters. The Bertz CT molecular complexity index is 1460. The van der Waals surface area contributed by atoms with E-state index in [0.29, 0.717) is 24.8 Å². The molecule has 0 bridgehead atoms. The van der Waals surface area contributed by atoms with Crippen LogP contribution in [0.1, 0.15) is 140 Å². The zero-order valence-electron chi connectivity index (χ0n) is 33.5.